The summed E-state index contributed by atoms with van der Waals surface area (Å²) in [6, 6.07) is 9.75. The van der Waals surface area contributed by atoms with Crippen LogP contribution in [0.5, 0.6) is 5.75 Å². The Hall–Kier alpha value is -3.17. The number of benzene rings is 2. The van der Waals surface area contributed by atoms with Crippen molar-refractivity contribution in [3.63, 3.8) is 0 Å². The number of ether oxygens (including phenoxy) is 1. The van der Waals surface area contributed by atoms with Gasteiger partial charge in [0.05, 0.1) is 29.4 Å². The van der Waals surface area contributed by atoms with Gasteiger partial charge in [-0.25, -0.2) is 9.69 Å². The van der Waals surface area contributed by atoms with E-state index in [1.165, 1.54) is 12.1 Å². The molecule has 2 aromatic carbocycles. The van der Waals surface area contributed by atoms with E-state index in [4.69, 9.17) is 39.4 Å². The lowest BCUT2D eigenvalue weighted by molar-refractivity contribution is -0.118. The van der Waals surface area contributed by atoms with Crippen LogP contribution in [0.4, 0.5) is 16.2 Å². The summed E-state index contributed by atoms with van der Waals surface area (Å²) >= 11 is 12.0. The molecule has 1 aliphatic rings. The van der Waals surface area contributed by atoms with Crippen molar-refractivity contribution in [2.45, 2.75) is 25.4 Å². The SMILES string of the molecule is COc1ccc(N2CCCC2C(=O)N=C(N)N(Cc2cc(Cl)c(N)c(Cl)c2)C(=O)O)cc1. The number of nitrogens with zero attached hydrogens (tertiary/aromatic N) is 3. The maximum Gasteiger partial charge on any atom is 0.414 e. The highest BCUT2D eigenvalue weighted by Crippen LogP contribution is 2.30. The van der Waals surface area contributed by atoms with Gasteiger partial charge >= 0.3 is 6.09 Å². The molecule has 0 aliphatic carbocycles. The van der Waals surface area contributed by atoms with Gasteiger partial charge in [-0.1, -0.05) is 23.2 Å². The number of methoxy groups -OCH3 is 1. The number of guanidine groups is 1. The molecule has 11 heteroatoms. The number of rotatable bonds is 5. The van der Waals surface area contributed by atoms with Crippen molar-refractivity contribution in [3.05, 3.63) is 52.0 Å². The molecule has 1 atom stereocenters. The van der Waals surface area contributed by atoms with Crippen LogP contribution in [-0.4, -0.2) is 47.7 Å². The first-order valence-corrected chi connectivity index (χ1v) is 10.5. The number of carboxylic acid groups (broad SMARTS) is 1. The number of carbonyl (C=O) groups is 2. The molecule has 1 aliphatic heterocycles. The molecule has 0 aromatic heterocycles. The molecule has 1 saturated heterocycles. The van der Waals surface area contributed by atoms with Crippen LogP contribution in [0.1, 0.15) is 18.4 Å². The molecule has 0 bridgehead atoms. The summed E-state index contributed by atoms with van der Waals surface area (Å²) in [6.07, 6.45) is 0.00226. The standard InChI is InChI=1S/C21H23Cl2N5O4/c1-32-14-6-4-13(5-7-14)27-8-2-3-17(27)19(29)26-20(25)28(21(30)31)11-12-9-15(22)18(24)16(23)10-12/h4-7,9-10,17H,2-3,8,11,24H2,1H3,(H,30,31)(H2,25,26,29). The second-order valence-electron chi connectivity index (χ2n) is 7.20. The zero-order valence-corrected chi connectivity index (χ0v) is 18.8. The lowest BCUT2D eigenvalue weighted by Gasteiger charge is -2.25. The molecule has 170 valence electrons. The van der Waals surface area contributed by atoms with Crippen molar-refractivity contribution in [2.75, 3.05) is 24.3 Å². The first kappa shape index (κ1) is 23.5. The normalized spacial score (nSPS) is 16.2. The Labute approximate surface area is 195 Å². The summed E-state index contributed by atoms with van der Waals surface area (Å²) in [6.45, 7) is 0.466. The van der Waals surface area contributed by atoms with E-state index < -0.39 is 24.0 Å². The van der Waals surface area contributed by atoms with E-state index in [0.717, 1.165) is 17.0 Å². The molecule has 1 heterocycles. The number of hydrogen-bond donors (Lipinski definition) is 3. The highest BCUT2D eigenvalue weighted by molar-refractivity contribution is 6.38. The first-order chi connectivity index (χ1) is 15.2. The predicted molar refractivity (Wildman–Crippen MR) is 124 cm³/mol. The second kappa shape index (κ2) is 9.97. The summed E-state index contributed by atoms with van der Waals surface area (Å²) < 4.78 is 5.17. The molecule has 1 unspecified atom stereocenters. The third kappa shape index (κ3) is 5.17. The number of carbonyl (C=O) groups excluding carboxylic acids is 1. The summed E-state index contributed by atoms with van der Waals surface area (Å²) in [5.41, 5.74) is 13.1. The number of nitrogen functional groups attached to an aromatic ring is 1. The van der Waals surface area contributed by atoms with Crippen LogP contribution in [0.2, 0.25) is 10.0 Å². The highest BCUT2D eigenvalue weighted by atomic mass is 35.5. The predicted octanol–water partition coefficient (Wildman–Crippen LogP) is 3.57. The molecule has 0 spiro atoms. The van der Waals surface area contributed by atoms with Gasteiger partial charge in [-0.3, -0.25) is 4.79 Å². The lowest BCUT2D eigenvalue weighted by Crippen LogP contribution is -2.43. The molecule has 32 heavy (non-hydrogen) atoms. The average molecular weight is 480 g/mol. The minimum Gasteiger partial charge on any atom is -0.497 e. The average Bonchev–Trinajstić information content (AvgIpc) is 3.25. The van der Waals surface area contributed by atoms with E-state index in [-0.39, 0.29) is 22.3 Å². The fourth-order valence-corrected chi connectivity index (χ4v) is 4.04. The minimum atomic E-state index is -1.37. The van der Waals surface area contributed by atoms with Crippen molar-refractivity contribution >= 4 is 52.5 Å². The van der Waals surface area contributed by atoms with Gasteiger partial charge in [-0.2, -0.15) is 4.99 Å². The molecule has 2 aromatic rings. The first-order valence-electron chi connectivity index (χ1n) is 9.73. The van der Waals surface area contributed by atoms with Gasteiger partial charge in [-0.15, -0.1) is 0 Å². The minimum absolute atomic E-state index is 0.186. The third-order valence-electron chi connectivity index (χ3n) is 5.15. The van der Waals surface area contributed by atoms with Crippen LogP contribution in [0.3, 0.4) is 0 Å². The molecular weight excluding hydrogens is 457 g/mol. The highest BCUT2D eigenvalue weighted by Gasteiger charge is 2.32. The molecule has 0 radical (unpaired) electrons. The van der Waals surface area contributed by atoms with E-state index >= 15 is 0 Å². The van der Waals surface area contributed by atoms with Gasteiger partial charge in [0.25, 0.3) is 5.91 Å². The van der Waals surface area contributed by atoms with E-state index in [2.05, 4.69) is 4.99 Å². The van der Waals surface area contributed by atoms with Crippen LogP contribution in [0.25, 0.3) is 0 Å². The smallest absolute Gasteiger partial charge is 0.414 e. The van der Waals surface area contributed by atoms with Crippen molar-refractivity contribution in [1.82, 2.24) is 4.90 Å². The Morgan fingerprint density at radius 2 is 1.88 bits per heavy atom. The van der Waals surface area contributed by atoms with Crippen molar-refractivity contribution in [3.8, 4) is 5.75 Å². The maximum atomic E-state index is 12.9. The third-order valence-corrected chi connectivity index (χ3v) is 5.78. The van der Waals surface area contributed by atoms with Crippen molar-refractivity contribution in [1.29, 1.82) is 0 Å². The Morgan fingerprint density at radius 1 is 1.25 bits per heavy atom. The largest absolute Gasteiger partial charge is 0.497 e. The Kier molecular flexibility index (Phi) is 7.32. The lowest BCUT2D eigenvalue weighted by atomic mass is 10.2. The molecule has 1 fully saturated rings. The summed E-state index contributed by atoms with van der Waals surface area (Å²) in [5, 5.41) is 9.97. The molecule has 2 amide bonds. The van der Waals surface area contributed by atoms with Crippen LogP contribution >= 0.6 is 23.2 Å². The van der Waals surface area contributed by atoms with Crippen molar-refractivity contribution in [2.24, 2.45) is 10.7 Å². The van der Waals surface area contributed by atoms with Crippen LogP contribution in [0, 0.1) is 0 Å². The van der Waals surface area contributed by atoms with Gasteiger partial charge in [-0.05, 0) is 54.8 Å². The number of anilines is 2. The second-order valence-corrected chi connectivity index (χ2v) is 8.01. The van der Waals surface area contributed by atoms with Gasteiger partial charge in [0, 0.05) is 12.2 Å². The molecule has 5 N–H and O–H groups in total. The number of halogens is 2. The monoisotopic (exact) mass is 479 g/mol. The number of amides is 2. The molecule has 3 rings (SSSR count). The van der Waals surface area contributed by atoms with E-state index in [1.807, 2.05) is 29.2 Å². The zero-order chi connectivity index (χ0) is 23.4. The quantitative estimate of drug-likeness (QED) is 0.338. The Bertz CT molecular complexity index is 1020. The van der Waals surface area contributed by atoms with Gasteiger partial charge < -0.3 is 26.2 Å². The molecule has 9 nitrogen and oxygen atoms in total. The van der Waals surface area contributed by atoms with Crippen LogP contribution in [-0.2, 0) is 11.3 Å². The van der Waals surface area contributed by atoms with E-state index in [1.54, 1.807) is 7.11 Å². The maximum absolute atomic E-state index is 12.9. The van der Waals surface area contributed by atoms with Crippen molar-refractivity contribution < 1.29 is 19.4 Å². The fourth-order valence-electron chi connectivity index (χ4n) is 3.51. The van der Waals surface area contributed by atoms with E-state index in [0.29, 0.717) is 24.3 Å². The zero-order valence-electron chi connectivity index (χ0n) is 17.3. The fraction of sp³-hybridized carbons (Fsp3) is 0.286. The van der Waals surface area contributed by atoms with Gasteiger partial charge in [0.1, 0.15) is 11.8 Å². The molecular formula is C21H23Cl2N5O4. The number of hydrogen-bond acceptors (Lipinski definition) is 5. The summed E-state index contributed by atoms with van der Waals surface area (Å²) in [7, 11) is 1.58. The number of nitrogens with two attached hydrogens (primary N) is 2. The topological polar surface area (TPSA) is 134 Å². The Morgan fingerprint density at radius 3 is 2.44 bits per heavy atom. The number of aliphatic imine (C=N–C) groups is 1. The van der Waals surface area contributed by atoms with Gasteiger partial charge in [0.2, 0.25) is 5.96 Å². The molecule has 0 saturated carbocycles. The Balaban J connectivity index is 1.79. The van der Waals surface area contributed by atoms with Gasteiger partial charge in [0.15, 0.2) is 0 Å². The van der Waals surface area contributed by atoms with E-state index in [9.17, 15) is 14.7 Å². The van der Waals surface area contributed by atoms with Crippen LogP contribution < -0.4 is 21.1 Å². The summed E-state index contributed by atoms with van der Waals surface area (Å²) in [5.74, 6) is -0.248. The summed E-state index contributed by atoms with van der Waals surface area (Å²) in [4.78, 5) is 31.2. The van der Waals surface area contributed by atoms with Crippen LogP contribution in [0.15, 0.2) is 41.4 Å².